The molecule has 2 nitrogen and oxygen atoms in total. The second-order valence-corrected chi connectivity index (χ2v) is 5.26. The quantitative estimate of drug-likeness (QED) is 0.812. The van der Waals surface area contributed by atoms with Crippen LogP contribution >= 0.6 is 11.3 Å². The molecule has 2 rings (SSSR count). The fraction of sp³-hybridized carbons (Fsp3) is 0.357. The Morgan fingerprint density at radius 3 is 2.76 bits per heavy atom. The predicted octanol–water partition coefficient (Wildman–Crippen LogP) is 4.08. The molecule has 0 atom stereocenters. The lowest BCUT2D eigenvalue weighted by molar-refractivity contribution is 0.416. The highest BCUT2D eigenvalue weighted by Gasteiger charge is 2.09. The van der Waals surface area contributed by atoms with Gasteiger partial charge in [-0.05, 0) is 31.0 Å². The molecule has 1 heterocycles. The zero-order valence-corrected chi connectivity index (χ0v) is 11.3. The second kappa shape index (κ2) is 5.32. The summed E-state index contributed by atoms with van der Waals surface area (Å²) in [5.41, 5.74) is 2.51. The Morgan fingerprint density at radius 1 is 1.35 bits per heavy atom. The number of ether oxygens (including phenoxy) is 1. The van der Waals surface area contributed by atoms with Gasteiger partial charge in [-0.3, -0.25) is 0 Å². The lowest BCUT2D eigenvalue weighted by Gasteiger charge is -2.08. The normalized spacial score (nSPS) is 10.5. The molecule has 0 unspecified atom stereocenters. The van der Waals surface area contributed by atoms with Crippen molar-refractivity contribution >= 4 is 11.3 Å². The van der Waals surface area contributed by atoms with E-state index in [0.29, 0.717) is 0 Å². The van der Waals surface area contributed by atoms with E-state index in [1.165, 1.54) is 10.4 Å². The van der Waals surface area contributed by atoms with Crippen LogP contribution in [0, 0.1) is 6.92 Å². The third-order valence-electron chi connectivity index (χ3n) is 2.69. The minimum absolute atomic E-state index is 0.925. The van der Waals surface area contributed by atoms with E-state index in [9.17, 15) is 0 Å². The smallest absolute Gasteiger partial charge is 0.127 e. The summed E-state index contributed by atoms with van der Waals surface area (Å²) in [6.07, 6.45) is 4.19. The van der Waals surface area contributed by atoms with Crippen molar-refractivity contribution in [1.29, 1.82) is 0 Å². The maximum absolute atomic E-state index is 5.42. The molecule has 0 N–H and O–H groups in total. The van der Waals surface area contributed by atoms with E-state index in [1.54, 1.807) is 18.4 Å². The molecule has 0 saturated carbocycles. The van der Waals surface area contributed by atoms with Crippen LogP contribution in [-0.2, 0) is 6.42 Å². The van der Waals surface area contributed by atoms with Crippen LogP contribution in [0.4, 0.5) is 0 Å². The fourth-order valence-electron chi connectivity index (χ4n) is 1.88. The Hall–Kier alpha value is -1.35. The van der Waals surface area contributed by atoms with Gasteiger partial charge in [-0.25, -0.2) is 4.98 Å². The van der Waals surface area contributed by atoms with E-state index in [2.05, 4.69) is 30.1 Å². The van der Waals surface area contributed by atoms with Gasteiger partial charge in [0.2, 0.25) is 0 Å². The molecule has 0 spiro atoms. The highest BCUT2D eigenvalue weighted by molar-refractivity contribution is 7.15. The molecule has 90 valence electrons. The highest BCUT2D eigenvalue weighted by atomic mass is 32.1. The molecule has 0 saturated heterocycles. The number of methoxy groups -OCH3 is 1. The number of hydrogen-bond acceptors (Lipinski definition) is 3. The molecule has 0 fully saturated rings. The number of benzene rings is 1. The molecule has 0 aliphatic heterocycles. The Kier molecular flexibility index (Phi) is 3.79. The van der Waals surface area contributed by atoms with Gasteiger partial charge in [0, 0.05) is 11.8 Å². The summed E-state index contributed by atoms with van der Waals surface area (Å²) < 4.78 is 5.42. The van der Waals surface area contributed by atoms with Crippen molar-refractivity contribution in [3.05, 3.63) is 35.0 Å². The number of thiazole rings is 1. The van der Waals surface area contributed by atoms with Gasteiger partial charge in [-0.2, -0.15) is 0 Å². The third-order valence-corrected chi connectivity index (χ3v) is 3.64. The van der Waals surface area contributed by atoms with E-state index in [4.69, 9.17) is 4.74 Å². The van der Waals surface area contributed by atoms with E-state index in [0.717, 1.165) is 29.2 Å². The van der Waals surface area contributed by atoms with Gasteiger partial charge >= 0.3 is 0 Å². The number of hydrogen-bond donors (Lipinski definition) is 0. The number of nitrogens with zero attached hydrogens (tertiary/aromatic N) is 1. The second-order valence-electron chi connectivity index (χ2n) is 4.03. The van der Waals surface area contributed by atoms with Gasteiger partial charge in [0.15, 0.2) is 0 Å². The Morgan fingerprint density at radius 2 is 2.18 bits per heavy atom. The lowest BCUT2D eigenvalue weighted by Crippen LogP contribution is -1.90. The molecule has 0 aliphatic carbocycles. The van der Waals surface area contributed by atoms with Crippen molar-refractivity contribution in [2.24, 2.45) is 0 Å². The molecular weight excluding hydrogens is 230 g/mol. The van der Waals surface area contributed by atoms with Crippen LogP contribution in [0.1, 0.15) is 23.9 Å². The van der Waals surface area contributed by atoms with Crippen LogP contribution < -0.4 is 4.74 Å². The molecular formula is C14H17NOS. The highest BCUT2D eigenvalue weighted by Crippen LogP contribution is 2.34. The van der Waals surface area contributed by atoms with Gasteiger partial charge in [0.1, 0.15) is 5.75 Å². The largest absolute Gasteiger partial charge is 0.496 e. The topological polar surface area (TPSA) is 22.1 Å². The Labute approximate surface area is 106 Å². The molecule has 3 heteroatoms. The summed E-state index contributed by atoms with van der Waals surface area (Å²) in [7, 11) is 1.71. The zero-order valence-electron chi connectivity index (χ0n) is 10.5. The zero-order chi connectivity index (χ0) is 12.3. The van der Waals surface area contributed by atoms with Crippen LogP contribution in [0.3, 0.4) is 0 Å². The first-order valence-corrected chi connectivity index (χ1v) is 6.66. The van der Waals surface area contributed by atoms with E-state index in [1.807, 2.05) is 13.1 Å². The van der Waals surface area contributed by atoms with Crippen molar-refractivity contribution in [3.8, 4) is 16.2 Å². The van der Waals surface area contributed by atoms with E-state index in [-0.39, 0.29) is 0 Å². The van der Waals surface area contributed by atoms with Crippen molar-refractivity contribution in [2.75, 3.05) is 7.11 Å². The third kappa shape index (κ3) is 2.67. The van der Waals surface area contributed by atoms with Crippen molar-refractivity contribution in [2.45, 2.75) is 26.7 Å². The summed E-state index contributed by atoms with van der Waals surface area (Å²) in [5.74, 6) is 0.925. The first kappa shape index (κ1) is 12.1. The van der Waals surface area contributed by atoms with Crippen LogP contribution in [0.5, 0.6) is 5.75 Å². The van der Waals surface area contributed by atoms with Crippen LogP contribution in [-0.4, -0.2) is 12.1 Å². The lowest BCUT2D eigenvalue weighted by atomic mass is 10.1. The molecule has 17 heavy (non-hydrogen) atoms. The van der Waals surface area contributed by atoms with Crippen molar-refractivity contribution in [3.63, 3.8) is 0 Å². The number of aryl methyl sites for hydroxylation is 2. The molecule has 0 radical (unpaired) electrons. The predicted molar refractivity (Wildman–Crippen MR) is 72.8 cm³/mol. The number of rotatable bonds is 4. The van der Waals surface area contributed by atoms with Crippen molar-refractivity contribution in [1.82, 2.24) is 4.98 Å². The summed E-state index contributed by atoms with van der Waals surface area (Å²) in [5, 5.41) is 1.09. The van der Waals surface area contributed by atoms with Crippen LogP contribution in [0.25, 0.3) is 10.4 Å². The molecule has 0 amide bonds. The maximum atomic E-state index is 5.42. The van der Waals surface area contributed by atoms with Crippen molar-refractivity contribution < 1.29 is 4.74 Å². The van der Waals surface area contributed by atoms with Gasteiger partial charge in [0.05, 0.1) is 17.0 Å². The summed E-state index contributed by atoms with van der Waals surface area (Å²) in [6, 6.07) is 6.41. The summed E-state index contributed by atoms with van der Waals surface area (Å²) in [4.78, 5) is 5.49. The summed E-state index contributed by atoms with van der Waals surface area (Å²) in [6.45, 7) is 4.22. The summed E-state index contributed by atoms with van der Waals surface area (Å²) >= 11 is 1.71. The minimum Gasteiger partial charge on any atom is -0.496 e. The van der Waals surface area contributed by atoms with E-state index >= 15 is 0 Å². The first-order chi connectivity index (χ1) is 8.24. The molecule has 1 aromatic heterocycles. The maximum Gasteiger partial charge on any atom is 0.127 e. The molecule has 1 aromatic carbocycles. The van der Waals surface area contributed by atoms with Gasteiger partial charge in [0.25, 0.3) is 0 Å². The number of aromatic nitrogens is 1. The fourth-order valence-corrected chi connectivity index (χ4v) is 2.68. The molecule has 0 bridgehead atoms. The van der Waals surface area contributed by atoms with Crippen LogP contribution in [0.15, 0.2) is 24.4 Å². The standard InChI is InChI=1S/C14H17NOS/c1-4-5-11-6-7-13(16-3)12(8-11)14-9-15-10(2)17-14/h6-9H,4-5H2,1-3H3. The monoisotopic (exact) mass is 247 g/mol. The van der Waals surface area contributed by atoms with Gasteiger partial charge in [-0.15, -0.1) is 11.3 Å². The minimum atomic E-state index is 0.925. The van der Waals surface area contributed by atoms with Gasteiger partial charge < -0.3 is 4.74 Å². The SMILES string of the molecule is CCCc1ccc(OC)c(-c2cnc(C)s2)c1. The van der Waals surface area contributed by atoms with E-state index < -0.39 is 0 Å². The first-order valence-electron chi connectivity index (χ1n) is 5.84. The molecule has 0 aliphatic rings. The average molecular weight is 247 g/mol. The Bertz CT molecular complexity index is 505. The van der Waals surface area contributed by atoms with Crippen LogP contribution in [0.2, 0.25) is 0 Å². The van der Waals surface area contributed by atoms with Gasteiger partial charge in [-0.1, -0.05) is 19.4 Å². The molecule has 2 aromatic rings. The average Bonchev–Trinajstić information content (AvgIpc) is 2.76. The Balaban J connectivity index is 2.45.